The Bertz CT molecular complexity index is 813. The fourth-order valence-corrected chi connectivity index (χ4v) is 2.88. The van der Waals surface area contributed by atoms with E-state index >= 15 is 0 Å². The number of amides is 1. The molecule has 1 aromatic heterocycles. The number of hydrogen-bond donors (Lipinski definition) is 2. The van der Waals surface area contributed by atoms with Crippen LogP contribution < -0.4 is 5.32 Å². The van der Waals surface area contributed by atoms with Gasteiger partial charge in [0.05, 0.1) is 5.52 Å². The highest BCUT2D eigenvalue weighted by Gasteiger charge is 2.15. The van der Waals surface area contributed by atoms with Gasteiger partial charge in [-0.3, -0.25) is 9.78 Å². The lowest BCUT2D eigenvalue weighted by atomic mass is 9.96. The molecule has 0 bridgehead atoms. The average Bonchev–Trinajstić information content (AvgIpc) is 2.65. The van der Waals surface area contributed by atoms with Crippen molar-refractivity contribution in [1.82, 2.24) is 10.3 Å². The lowest BCUT2D eigenvalue weighted by molar-refractivity contribution is 0.0951. The summed E-state index contributed by atoms with van der Waals surface area (Å²) < 4.78 is 0. The Hall–Kier alpha value is -2.72. The molecule has 0 fully saturated rings. The van der Waals surface area contributed by atoms with E-state index in [9.17, 15) is 9.90 Å². The second-order valence-electron chi connectivity index (χ2n) is 5.71. The molecule has 2 N–H and O–H groups in total. The Morgan fingerprint density at radius 1 is 1.04 bits per heavy atom. The molecule has 0 aliphatic rings. The van der Waals surface area contributed by atoms with Gasteiger partial charge < -0.3 is 10.4 Å². The molecule has 0 aliphatic heterocycles. The summed E-state index contributed by atoms with van der Waals surface area (Å²) >= 11 is 0. The number of aliphatic hydroxyl groups is 1. The Morgan fingerprint density at radius 2 is 1.88 bits per heavy atom. The molecule has 24 heavy (non-hydrogen) atoms. The topological polar surface area (TPSA) is 62.2 Å². The van der Waals surface area contributed by atoms with Crippen LogP contribution in [0.25, 0.3) is 10.9 Å². The van der Waals surface area contributed by atoms with E-state index in [0.29, 0.717) is 18.5 Å². The van der Waals surface area contributed by atoms with E-state index in [-0.39, 0.29) is 18.4 Å². The lowest BCUT2D eigenvalue weighted by Gasteiger charge is -2.17. The van der Waals surface area contributed by atoms with Crippen LogP contribution in [0.15, 0.2) is 66.9 Å². The van der Waals surface area contributed by atoms with Crippen molar-refractivity contribution in [1.29, 1.82) is 0 Å². The van der Waals surface area contributed by atoms with Crippen molar-refractivity contribution in [3.63, 3.8) is 0 Å². The predicted octanol–water partition coefficient (Wildman–Crippen LogP) is 3.13. The summed E-state index contributed by atoms with van der Waals surface area (Å²) in [4.78, 5) is 16.9. The largest absolute Gasteiger partial charge is 0.396 e. The van der Waals surface area contributed by atoms with E-state index in [1.807, 2.05) is 60.7 Å². The number of carbonyl (C=O) groups is 1. The summed E-state index contributed by atoms with van der Waals surface area (Å²) in [5, 5.41) is 13.1. The third-order valence-electron chi connectivity index (χ3n) is 4.15. The zero-order valence-corrected chi connectivity index (χ0v) is 13.4. The highest BCUT2D eigenvalue weighted by molar-refractivity contribution is 6.06. The molecule has 1 amide bonds. The van der Waals surface area contributed by atoms with Gasteiger partial charge in [-0.05, 0) is 30.2 Å². The van der Waals surface area contributed by atoms with Crippen molar-refractivity contribution in [3.8, 4) is 0 Å². The van der Waals surface area contributed by atoms with Crippen LogP contribution in [-0.4, -0.2) is 29.1 Å². The number of nitrogens with one attached hydrogen (secondary N) is 1. The Balaban J connectivity index is 1.76. The maximum Gasteiger partial charge on any atom is 0.251 e. The molecule has 0 radical (unpaired) electrons. The molecule has 0 saturated heterocycles. The highest BCUT2D eigenvalue weighted by atomic mass is 16.3. The maximum atomic E-state index is 12.6. The van der Waals surface area contributed by atoms with Gasteiger partial charge in [-0.15, -0.1) is 0 Å². The summed E-state index contributed by atoms with van der Waals surface area (Å²) in [6.07, 6.45) is 2.33. The van der Waals surface area contributed by atoms with Crippen LogP contribution in [0.3, 0.4) is 0 Å². The summed E-state index contributed by atoms with van der Waals surface area (Å²) in [6, 6.07) is 19.2. The molecular weight excluding hydrogens is 300 g/mol. The summed E-state index contributed by atoms with van der Waals surface area (Å²) in [6.45, 7) is 0.577. The first-order valence-corrected chi connectivity index (χ1v) is 8.07. The molecular formula is C20H20N2O2. The molecule has 122 valence electrons. The van der Waals surface area contributed by atoms with Gasteiger partial charge in [0.15, 0.2) is 0 Å². The summed E-state index contributed by atoms with van der Waals surface area (Å²) in [7, 11) is 0. The minimum atomic E-state index is -0.118. The van der Waals surface area contributed by atoms with Gasteiger partial charge >= 0.3 is 0 Å². The van der Waals surface area contributed by atoms with Crippen LogP contribution in [0.2, 0.25) is 0 Å². The average molecular weight is 320 g/mol. The Labute approximate surface area is 141 Å². The van der Waals surface area contributed by atoms with Gasteiger partial charge in [-0.2, -0.15) is 0 Å². The van der Waals surface area contributed by atoms with E-state index in [1.165, 1.54) is 0 Å². The number of rotatable bonds is 6. The fraction of sp³-hybridized carbons (Fsp3) is 0.200. The summed E-state index contributed by atoms with van der Waals surface area (Å²) in [5.41, 5.74) is 2.54. The van der Waals surface area contributed by atoms with E-state index in [4.69, 9.17) is 0 Å². The smallest absolute Gasteiger partial charge is 0.251 e. The molecule has 4 nitrogen and oxygen atoms in total. The molecule has 1 unspecified atom stereocenters. The first-order chi connectivity index (χ1) is 11.8. The van der Waals surface area contributed by atoms with Crippen LogP contribution >= 0.6 is 0 Å². The number of aromatic nitrogens is 1. The quantitative estimate of drug-likeness (QED) is 0.733. The number of hydrogen-bond acceptors (Lipinski definition) is 3. The number of aliphatic hydroxyl groups excluding tert-OH is 1. The van der Waals surface area contributed by atoms with Crippen LogP contribution in [0.4, 0.5) is 0 Å². The highest BCUT2D eigenvalue weighted by Crippen LogP contribution is 2.20. The van der Waals surface area contributed by atoms with Gasteiger partial charge in [-0.1, -0.05) is 42.5 Å². The molecule has 4 heteroatoms. The van der Waals surface area contributed by atoms with Crippen molar-refractivity contribution in [2.24, 2.45) is 0 Å². The predicted molar refractivity (Wildman–Crippen MR) is 95.0 cm³/mol. The minimum Gasteiger partial charge on any atom is -0.396 e. The molecule has 0 spiro atoms. The van der Waals surface area contributed by atoms with E-state index in [2.05, 4.69) is 10.3 Å². The lowest BCUT2D eigenvalue weighted by Crippen LogP contribution is -2.29. The van der Waals surface area contributed by atoms with Gasteiger partial charge in [0.1, 0.15) is 0 Å². The molecule has 1 atom stereocenters. The van der Waals surface area contributed by atoms with Crippen molar-refractivity contribution < 1.29 is 9.90 Å². The molecule has 3 aromatic rings. The molecule has 2 aromatic carbocycles. The first kappa shape index (κ1) is 16.1. The van der Waals surface area contributed by atoms with Crippen LogP contribution in [0.5, 0.6) is 0 Å². The monoisotopic (exact) mass is 320 g/mol. The number of pyridine rings is 1. The number of carbonyl (C=O) groups excluding carboxylic acids is 1. The van der Waals surface area contributed by atoms with Crippen molar-refractivity contribution >= 4 is 16.8 Å². The SMILES string of the molecule is O=C(NCC(CCO)c1ccccc1)c1cccc2ncccc12. The van der Waals surface area contributed by atoms with E-state index in [1.54, 1.807) is 6.20 Å². The molecule has 0 aliphatic carbocycles. The second kappa shape index (κ2) is 7.70. The van der Waals surface area contributed by atoms with Gasteiger partial charge in [0.25, 0.3) is 5.91 Å². The Morgan fingerprint density at radius 3 is 2.67 bits per heavy atom. The van der Waals surface area contributed by atoms with Crippen molar-refractivity contribution in [2.75, 3.05) is 13.2 Å². The van der Waals surface area contributed by atoms with E-state index in [0.717, 1.165) is 16.5 Å². The minimum absolute atomic E-state index is 0.0909. The fourth-order valence-electron chi connectivity index (χ4n) is 2.88. The van der Waals surface area contributed by atoms with Crippen LogP contribution in [0.1, 0.15) is 28.3 Å². The zero-order valence-electron chi connectivity index (χ0n) is 13.4. The molecule has 1 heterocycles. The Kier molecular flexibility index (Phi) is 5.18. The van der Waals surface area contributed by atoms with Crippen LogP contribution in [-0.2, 0) is 0 Å². The second-order valence-corrected chi connectivity index (χ2v) is 5.71. The number of benzene rings is 2. The van der Waals surface area contributed by atoms with Crippen molar-refractivity contribution in [3.05, 3.63) is 78.0 Å². The third-order valence-corrected chi connectivity index (χ3v) is 4.15. The van der Waals surface area contributed by atoms with Gasteiger partial charge in [0.2, 0.25) is 0 Å². The molecule has 0 saturated carbocycles. The van der Waals surface area contributed by atoms with Gasteiger partial charge in [-0.25, -0.2) is 0 Å². The van der Waals surface area contributed by atoms with Crippen LogP contribution in [0, 0.1) is 0 Å². The zero-order chi connectivity index (χ0) is 16.8. The summed E-state index contributed by atoms with van der Waals surface area (Å²) in [5.74, 6) is -0.0271. The third kappa shape index (κ3) is 3.60. The normalized spacial score (nSPS) is 12.0. The molecule has 3 rings (SSSR count). The first-order valence-electron chi connectivity index (χ1n) is 8.07. The van der Waals surface area contributed by atoms with E-state index < -0.39 is 0 Å². The van der Waals surface area contributed by atoms with Crippen molar-refractivity contribution in [2.45, 2.75) is 12.3 Å². The maximum absolute atomic E-state index is 12.6. The van der Waals surface area contributed by atoms with Gasteiger partial charge in [0, 0.05) is 36.2 Å². The number of fused-ring (bicyclic) bond motifs is 1. The standard InChI is InChI=1S/C20H20N2O2/c23-13-11-16(15-6-2-1-3-7-15)14-22-20(24)18-8-4-10-19-17(18)9-5-12-21-19/h1-10,12,16,23H,11,13-14H2,(H,22,24). The number of nitrogens with zero attached hydrogens (tertiary/aromatic N) is 1.